The van der Waals surface area contributed by atoms with Crippen LogP contribution in [0.2, 0.25) is 0 Å². The molecule has 1 amide bonds. The lowest BCUT2D eigenvalue weighted by Crippen LogP contribution is -2.34. The second-order valence-corrected chi connectivity index (χ2v) is 5.64. The van der Waals surface area contributed by atoms with Gasteiger partial charge in [0.2, 0.25) is 5.91 Å². The minimum atomic E-state index is -0.713. The highest BCUT2D eigenvalue weighted by Gasteiger charge is 2.21. The molecule has 0 aliphatic carbocycles. The monoisotopic (exact) mass is 337 g/mol. The van der Waals surface area contributed by atoms with E-state index in [-0.39, 0.29) is 12.5 Å². The van der Waals surface area contributed by atoms with Crippen molar-refractivity contribution in [2.45, 2.75) is 19.5 Å². The minimum Gasteiger partial charge on any atom is -0.408 e. The Kier molecular flexibility index (Phi) is 3.57. The second kappa shape index (κ2) is 5.90. The Bertz CT molecular complexity index is 1120. The maximum Gasteiger partial charge on any atom is 0.420 e. The summed E-state index contributed by atoms with van der Waals surface area (Å²) in [5, 5.41) is 10.9. The molecule has 8 nitrogen and oxygen atoms in total. The number of hydrogen-bond donors (Lipinski definition) is 1. The van der Waals surface area contributed by atoms with Gasteiger partial charge in [-0.3, -0.25) is 13.8 Å². The molecule has 3 aromatic heterocycles. The lowest BCUT2D eigenvalue weighted by molar-refractivity contribution is -0.124. The zero-order valence-corrected chi connectivity index (χ0v) is 13.4. The van der Waals surface area contributed by atoms with Gasteiger partial charge in [0.25, 0.3) is 0 Å². The number of nitrogens with zero attached hydrogens (tertiary/aromatic N) is 4. The Morgan fingerprint density at radius 3 is 2.88 bits per heavy atom. The highest BCUT2D eigenvalue weighted by Crippen LogP contribution is 2.16. The molecule has 1 atom stereocenters. The highest BCUT2D eigenvalue weighted by atomic mass is 16.4. The van der Waals surface area contributed by atoms with Crippen molar-refractivity contribution in [3.05, 3.63) is 65.0 Å². The van der Waals surface area contributed by atoms with Crippen LogP contribution in [0, 0.1) is 0 Å². The summed E-state index contributed by atoms with van der Waals surface area (Å²) in [6, 6.07) is 11.9. The topological polar surface area (TPSA) is 94.4 Å². The molecule has 0 spiro atoms. The molecule has 0 fully saturated rings. The minimum absolute atomic E-state index is 0.207. The molecule has 25 heavy (non-hydrogen) atoms. The van der Waals surface area contributed by atoms with Gasteiger partial charge in [0.1, 0.15) is 6.04 Å². The molecule has 0 saturated carbocycles. The Balaban J connectivity index is 1.56. The third kappa shape index (κ3) is 2.57. The summed E-state index contributed by atoms with van der Waals surface area (Å²) in [6.45, 7) is 1.86. The molecule has 126 valence electrons. The van der Waals surface area contributed by atoms with E-state index in [0.29, 0.717) is 22.6 Å². The van der Waals surface area contributed by atoms with Crippen molar-refractivity contribution in [2.24, 2.45) is 0 Å². The number of rotatable bonds is 4. The van der Waals surface area contributed by atoms with Crippen LogP contribution in [0.25, 0.3) is 16.7 Å². The first-order chi connectivity index (χ1) is 12.1. The Morgan fingerprint density at radius 1 is 1.20 bits per heavy atom. The van der Waals surface area contributed by atoms with Crippen LogP contribution in [0.15, 0.2) is 57.9 Å². The number of aromatic nitrogens is 4. The van der Waals surface area contributed by atoms with Crippen LogP contribution >= 0.6 is 0 Å². The first-order valence-corrected chi connectivity index (χ1v) is 7.81. The number of benzene rings is 1. The number of nitrogens with one attached hydrogen (secondary N) is 1. The summed E-state index contributed by atoms with van der Waals surface area (Å²) in [7, 11) is 0. The predicted octanol–water partition coefficient (Wildman–Crippen LogP) is 1.51. The molecule has 0 unspecified atom stereocenters. The van der Waals surface area contributed by atoms with Crippen molar-refractivity contribution in [3.8, 4) is 0 Å². The molecular formula is C17H15N5O3. The molecule has 0 aliphatic heterocycles. The standard InChI is InChI=1S/C17H15N5O3/c1-11(22-12-6-2-3-7-13(12)25-17(22)24)16(23)18-10-15-20-19-14-8-4-5-9-21(14)15/h2-9,11H,10H2,1H3,(H,18,23)/t11-/m0/s1. The third-order valence-corrected chi connectivity index (χ3v) is 4.09. The first-order valence-electron chi connectivity index (χ1n) is 7.81. The maximum absolute atomic E-state index is 12.5. The molecule has 1 aromatic carbocycles. The fourth-order valence-electron chi connectivity index (χ4n) is 2.79. The number of carbonyl (C=O) groups excluding carboxylic acids is 1. The summed E-state index contributed by atoms with van der Waals surface area (Å²) in [4.78, 5) is 24.6. The summed E-state index contributed by atoms with van der Waals surface area (Å²) in [5.74, 6) is -0.251. The molecule has 8 heteroatoms. The second-order valence-electron chi connectivity index (χ2n) is 5.64. The fourth-order valence-corrected chi connectivity index (χ4v) is 2.79. The van der Waals surface area contributed by atoms with Gasteiger partial charge < -0.3 is 9.73 Å². The van der Waals surface area contributed by atoms with Crippen LogP contribution in [-0.2, 0) is 11.3 Å². The Labute approximate surface area is 141 Å². The van der Waals surface area contributed by atoms with Crippen molar-refractivity contribution in [2.75, 3.05) is 0 Å². The van der Waals surface area contributed by atoms with Gasteiger partial charge in [0, 0.05) is 6.20 Å². The van der Waals surface area contributed by atoms with E-state index >= 15 is 0 Å². The Hall–Kier alpha value is -3.42. The predicted molar refractivity (Wildman–Crippen MR) is 90.0 cm³/mol. The van der Waals surface area contributed by atoms with Crippen molar-refractivity contribution in [1.82, 2.24) is 24.5 Å². The van der Waals surface area contributed by atoms with Crippen molar-refractivity contribution < 1.29 is 9.21 Å². The lowest BCUT2D eigenvalue weighted by atomic mass is 10.2. The number of fused-ring (bicyclic) bond motifs is 2. The number of para-hydroxylation sites is 2. The van der Waals surface area contributed by atoms with E-state index in [1.165, 1.54) is 4.57 Å². The fraction of sp³-hybridized carbons (Fsp3) is 0.176. The average Bonchev–Trinajstić information content (AvgIpc) is 3.19. The van der Waals surface area contributed by atoms with Crippen molar-refractivity contribution >= 4 is 22.7 Å². The summed E-state index contributed by atoms with van der Waals surface area (Å²) in [5.41, 5.74) is 1.75. The molecule has 4 rings (SSSR count). The van der Waals surface area contributed by atoms with E-state index in [1.807, 2.05) is 24.4 Å². The summed E-state index contributed by atoms with van der Waals surface area (Å²) in [6.07, 6.45) is 1.83. The molecule has 1 N–H and O–H groups in total. The Morgan fingerprint density at radius 2 is 2.00 bits per heavy atom. The number of oxazole rings is 1. The summed E-state index contributed by atoms with van der Waals surface area (Å²) >= 11 is 0. The average molecular weight is 337 g/mol. The molecular weight excluding hydrogens is 322 g/mol. The van der Waals surface area contributed by atoms with Gasteiger partial charge in [-0.05, 0) is 31.2 Å². The molecule has 3 heterocycles. The van der Waals surface area contributed by atoms with Crippen LogP contribution < -0.4 is 11.1 Å². The molecule has 0 bridgehead atoms. The smallest absolute Gasteiger partial charge is 0.408 e. The quantitative estimate of drug-likeness (QED) is 0.609. The van der Waals surface area contributed by atoms with E-state index in [1.54, 1.807) is 35.6 Å². The molecule has 0 radical (unpaired) electrons. The van der Waals surface area contributed by atoms with Gasteiger partial charge in [-0.2, -0.15) is 0 Å². The van der Waals surface area contributed by atoms with Crippen LogP contribution in [0.1, 0.15) is 18.8 Å². The molecule has 4 aromatic rings. The zero-order valence-electron chi connectivity index (χ0n) is 13.4. The molecule has 0 saturated heterocycles. The van der Waals surface area contributed by atoms with Crippen LogP contribution in [0.3, 0.4) is 0 Å². The number of pyridine rings is 1. The van der Waals surface area contributed by atoms with E-state index in [2.05, 4.69) is 15.5 Å². The summed E-state index contributed by atoms with van der Waals surface area (Å²) < 4.78 is 8.32. The van der Waals surface area contributed by atoms with Crippen LogP contribution in [0.4, 0.5) is 0 Å². The van der Waals surface area contributed by atoms with Crippen molar-refractivity contribution in [3.63, 3.8) is 0 Å². The van der Waals surface area contributed by atoms with Crippen LogP contribution in [-0.4, -0.2) is 25.1 Å². The number of amides is 1. The normalized spacial score (nSPS) is 12.5. The van der Waals surface area contributed by atoms with Crippen molar-refractivity contribution in [1.29, 1.82) is 0 Å². The van der Waals surface area contributed by atoms with Gasteiger partial charge in [0.15, 0.2) is 17.1 Å². The van der Waals surface area contributed by atoms with E-state index < -0.39 is 11.8 Å². The van der Waals surface area contributed by atoms with Crippen LogP contribution in [0.5, 0.6) is 0 Å². The van der Waals surface area contributed by atoms with E-state index in [9.17, 15) is 9.59 Å². The van der Waals surface area contributed by atoms with Gasteiger partial charge in [-0.15, -0.1) is 10.2 Å². The lowest BCUT2D eigenvalue weighted by Gasteiger charge is -2.12. The molecule has 0 aliphatic rings. The SMILES string of the molecule is C[C@@H](C(=O)NCc1nnc2ccccn12)n1c(=O)oc2ccccc21. The maximum atomic E-state index is 12.5. The largest absolute Gasteiger partial charge is 0.420 e. The highest BCUT2D eigenvalue weighted by molar-refractivity contribution is 5.82. The van der Waals surface area contributed by atoms with Gasteiger partial charge in [0.05, 0.1) is 12.1 Å². The third-order valence-electron chi connectivity index (χ3n) is 4.09. The van der Waals surface area contributed by atoms with E-state index in [0.717, 1.165) is 0 Å². The first kappa shape index (κ1) is 15.1. The van der Waals surface area contributed by atoms with E-state index in [4.69, 9.17) is 4.42 Å². The van der Waals surface area contributed by atoms with Gasteiger partial charge in [-0.25, -0.2) is 4.79 Å². The zero-order chi connectivity index (χ0) is 17.4. The number of carbonyl (C=O) groups is 1. The number of hydrogen-bond acceptors (Lipinski definition) is 5. The van der Waals surface area contributed by atoms with Gasteiger partial charge in [-0.1, -0.05) is 18.2 Å². The van der Waals surface area contributed by atoms with Gasteiger partial charge >= 0.3 is 5.76 Å².